The van der Waals surface area contributed by atoms with Gasteiger partial charge in [0.05, 0.1) is 5.69 Å². The molecule has 0 radical (unpaired) electrons. The zero-order valence-corrected chi connectivity index (χ0v) is 12.6. The Balaban J connectivity index is 1.89. The number of ether oxygens (including phenoxy) is 1. The molecule has 0 aliphatic carbocycles. The number of benzene rings is 1. The molecule has 2 rings (SSSR count). The van der Waals surface area contributed by atoms with Gasteiger partial charge in [-0.2, -0.15) is 0 Å². The molecule has 0 amide bonds. The molecule has 0 spiro atoms. The monoisotopic (exact) mass is 294 g/mol. The van der Waals surface area contributed by atoms with Crippen LogP contribution in [0.25, 0.3) is 0 Å². The number of hydrogen-bond donors (Lipinski definition) is 1. The molecule has 1 heterocycles. The van der Waals surface area contributed by atoms with Crippen LogP contribution in [0.5, 0.6) is 5.75 Å². The van der Waals surface area contributed by atoms with Crippen molar-refractivity contribution < 1.29 is 9.13 Å². The van der Waals surface area contributed by atoms with Gasteiger partial charge in [0.25, 0.3) is 0 Å². The SMILES string of the molecule is CCCNCc1sc(COc2ccc(F)cc2)nc1C. The van der Waals surface area contributed by atoms with Gasteiger partial charge in [-0.25, -0.2) is 9.37 Å². The number of rotatable bonds is 7. The Bertz CT molecular complexity index is 539. The summed E-state index contributed by atoms with van der Waals surface area (Å²) in [6.07, 6.45) is 1.12. The Labute approximate surface area is 122 Å². The lowest BCUT2D eigenvalue weighted by molar-refractivity contribution is 0.305. The summed E-state index contributed by atoms with van der Waals surface area (Å²) in [7, 11) is 0. The molecule has 3 nitrogen and oxygen atoms in total. The summed E-state index contributed by atoms with van der Waals surface area (Å²) in [6.45, 7) is 6.45. The van der Waals surface area contributed by atoms with Crippen molar-refractivity contribution in [2.75, 3.05) is 6.54 Å². The average Bonchev–Trinajstić information content (AvgIpc) is 2.79. The van der Waals surface area contributed by atoms with E-state index in [1.807, 2.05) is 6.92 Å². The van der Waals surface area contributed by atoms with Crippen LogP contribution < -0.4 is 10.1 Å². The largest absolute Gasteiger partial charge is 0.486 e. The highest BCUT2D eigenvalue weighted by Crippen LogP contribution is 2.20. The molecule has 108 valence electrons. The fourth-order valence-electron chi connectivity index (χ4n) is 1.77. The zero-order chi connectivity index (χ0) is 14.4. The molecule has 0 bridgehead atoms. The number of hydrogen-bond acceptors (Lipinski definition) is 4. The Morgan fingerprint density at radius 1 is 1.30 bits per heavy atom. The van der Waals surface area contributed by atoms with Gasteiger partial charge in [-0.15, -0.1) is 11.3 Å². The minimum absolute atomic E-state index is 0.258. The lowest BCUT2D eigenvalue weighted by Gasteiger charge is -2.03. The Hall–Kier alpha value is -1.46. The fourth-order valence-corrected chi connectivity index (χ4v) is 2.72. The van der Waals surface area contributed by atoms with Gasteiger partial charge in [0, 0.05) is 11.4 Å². The molecule has 2 aromatic rings. The van der Waals surface area contributed by atoms with E-state index in [9.17, 15) is 4.39 Å². The molecule has 0 aliphatic rings. The van der Waals surface area contributed by atoms with Crippen LogP contribution in [0.4, 0.5) is 4.39 Å². The smallest absolute Gasteiger partial charge is 0.140 e. The van der Waals surface area contributed by atoms with Gasteiger partial charge < -0.3 is 10.1 Å². The highest BCUT2D eigenvalue weighted by atomic mass is 32.1. The first-order chi connectivity index (χ1) is 9.69. The number of nitrogens with one attached hydrogen (secondary N) is 1. The van der Waals surface area contributed by atoms with Crippen LogP contribution >= 0.6 is 11.3 Å². The second kappa shape index (κ2) is 7.36. The predicted octanol–water partition coefficient (Wildman–Crippen LogP) is 3.67. The first-order valence-corrected chi connectivity index (χ1v) is 7.55. The Morgan fingerprint density at radius 2 is 2.05 bits per heavy atom. The molecule has 0 saturated carbocycles. The van der Waals surface area contributed by atoms with Crippen LogP contribution in [0.2, 0.25) is 0 Å². The van der Waals surface area contributed by atoms with E-state index in [0.717, 1.165) is 30.2 Å². The zero-order valence-electron chi connectivity index (χ0n) is 11.8. The lowest BCUT2D eigenvalue weighted by atomic mass is 10.3. The molecule has 5 heteroatoms. The number of aryl methyl sites for hydroxylation is 1. The van der Waals surface area contributed by atoms with Crippen molar-refractivity contribution in [1.82, 2.24) is 10.3 Å². The molecule has 1 aromatic heterocycles. The Kier molecular flexibility index (Phi) is 5.49. The topological polar surface area (TPSA) is 34.1 Å². The molecule has 0 fully saturated rings. The fraction of sp³-hybridized carbons (Fsp3) is 0.400. The first-order valence-electron chi connectivity index (χ1n) is 6.73. The minimum atomic E-state index is -0.258. The van der Waals surface area contributed by atoms with E-state index in [-0.39, 0.29) is 5.82 Å². The van der Waals surface area contributed by atoms with Crippen LogP contribution in [-0.4, -0.2) is 11.5 Å². The van der Waals surface area contributed by atoms with Gasteiger partial charge in [0.1, 0.15) is 23.2 Å². The molecule has 1 aromatic carbocycles. The van der Waals surface area contributed by atoms with E-state index < -0.39 is 0 Å². The highest BCUT2D eigenvalue weighted by molar-refractivity contribution is 7.11. The van der Waals surface area contributed by atoms with E-state index in [1.165, 1.54) is 17.0 Å². The van der Waals surface area contributed by atoms with Gasteiger partial charge in [-0.05, 0) is 44.2 Å². The first kappa shape index (κ1) is 14.9. The quantitative estimate of drug-likeness (QED) is 0.791. The summed E-state index contributed by atoms with van der Waals surface area (Å²) in [6, 6.07) is 6.03. The second-order valence-corrected chi connectivity index (χ2v) is 5.70. The normalized spacial score (nSPS) is 10.8. The van der Waals surface area contributed by atoms with E-state index in [2.05, 4.69) is 17.2 Å². The van der Waals surface area contributed by atoms with E-state index in [4.69, 9.17) is 4.74 Å². The standard InChI is InChI=1S/C15H19FN2OS/c1-3-8-17-9-14-11(2)18-15(20-14)10-19-13-6-4-12(16)5-7-13/h4-7,17H,3,8-10H2,1-2H3. The van der Waals surface area contributed by atoms with Crippen molar-refractivity contribution in [3.63, 3.8) is 0 Å². The highest BCUT2D eigenvalue weighted by Gasteiger charge is 2.07. The predicted molar refractivity (Wildman–Crippen MR) is 79.6 cm³/mol. The van der Waals surface area contributed by atoms with Crippen molar-refractivity contribution >= 4 is 11.3 Å². The van der Waals surface area contributed by atoms with Crippen molar-refractivity contribution in [3.05, 3.63) is 45.7 Å². The summed E-state index contributed by atoms with van der Waals surface area (Å²) >= 11 is 1.66. The molecular weight excluding hydrogens is 275 g/mol. The maximum atomic E-state index is 12.8. The number of nitrogens with zero attached hydrogens (tertiary/aromatic N) is 1. The molecule has 0 unspecified atom stereocenters. The third-order valence-electron chi connectivity index (χ3n) is 2.83. The average molecular weight is 294 g/mol. The van der Waals surface area contributed by atoms with Crippen molar-refractivity contribution in [3.8, 4) is 5.75 Å². The summed E-state index contributed by atoms with van der Waals surface area (Å²) in [4.78, 5) is 5.75. The van der Waals surface area contributed by atoms with Crippen molar-refractivity contribution in [1.29, 1.82) is 0 Å². The van der Waals surface area contributed by atoms with Crippen LogP contribution in [0, 0.1) is 12.7 Å². The molecular formula is C15H19FN2OS. The third kappa shape index (κ3) is 4.28. The third-order valence-corrected chi connectivity index (χ3v) is 3.96. The molecule has 0 atom stereocenters. The van der Waals surface area contributed by atoms with Crippen molar-refractivity contribution in [2.45, 2.75) is 33.4 Å². The maximum Gasteiger partial charge on any atom is 0.140 e. The van der Waals surface area contributed by atoms with E-state index in [1.54, 1.807) is 23.5 Å². The second-order valence-electron chi connectivity index (χ2n) is 4.54. The van der Waals surface area contributed by atoms with E-state index >= 15 is 0 Å². The van der Waals surface area contributed by atoms with Gasteiger partial charge in [-0.3, -0.25) is 0 Å². The van der Waals surface area contributed by atoms with Crippen LogP contribution in [0.3, 0.4) is 0 Å². The number of aromatic nitrogens is 1. The summed E-state index contributed by atoms with van der Waals surface area (Å²) < 4.78 is 18.4. The van der Waals surface area contributed by atoms with Crippen LogP contribution in [0.15, 0.2) is 24.3 Å². The molecule has 20 heavy (non-hydrogen) atoms. The van der Waals surface area contributed by atoms with Crippen molar-refractivity contribution in [2.24, 2.45) is 0 Å². The van der Waals surface area contributed by atoms with E-state index in [0.29, 0.717) is 12.4 Å². The molecule has 1 N–H and O–H groups in total. The summed E-state index contributed by atoms with van der Waals surface area (Å²) in [5.41, 5.74) is 1.05. The van der Waals surface area contributed by atoms with Crippen LogP contribution in [0.1, 0.15) is 28.9 Å². The molecule has 0 aliphatic heterocycles. The minimum Gasteiger partial charge on any atom is -0.486 e. The number of thiazole rings is 1. The van der Waals surface area contributed by atoms with Gasteiger partial charge in [0.2, 0.25) is 0 Å². The van der Waals surface area contributed by atoms with Crippen LogP contribution in [-0.2, 0) is 13.2 Å². The molecule has 0 saturated heterocycles. The number of halogens is 1. The maximum absolute atomic E-state index is 12.8. The Morgan fingerprint density at radius 3 is 2.75 bits per heavy atom. The summed E-state index contributed by atoms with van der Waals surface area (Å²) in [5.74, 6) is 0.400. The summed E-state index contributed by atoms with van der Waals surface area (Å²) in [5, 5.41) is 4.32. The van der Waals surface area contributed by atoms with Gasteiger partial charge in [0.15, 0.2) is 0 Å². The lowest BCUT2D eigenvalue weighted by Crippen LogP contribution is -2.13. The van der Waals surface area contributed by atoms with Gasteiger partial charge >= 0.3 is 0 Å². The van der Waals surface area contributed by atoms with Gasteiger partial charge in [-0.1, -0.05) is 6.92 Å².